The van der Waals surface area contributed by atoms with Crippen LogP contribution in [0, 0.1) is 6.92 Å². The van der Waals surface area contributed by atoms with Gasteiger partial charge in [-0.25, -0.2) is 8.42 Å². The van der Waals surface area contributed by atoms with Crippen molar-refractivity contribution in [3.8, 4) is 0 Å². The van der Waals surface area contributed by atoms with Crippen molar-refractivity contribution in [2.75, 3.05) is 4.90 Å². The number of hydrogen-bond acceptors (Lipinski definition) is 4. The standard InChI is InChI=1S/C26H21N3O4S/c1-17-5-2-8-21(15-17)34(32,33)28-27-25(30)20-13-11-18(12-14-20)16-29-23-10-4-7-19-6-3-9-22(24(19)23)26(29)31/h2-15,28H,16H2,1H3,(H,27,30). The average Bonchev–Trinajstić information content (AvgIpc) is 3.11. The number of hydrazine groups is 1. The number of carbonyl (C=O) groups is 2. The summed E-state index contributed by atoms with van der Waals surface area (Å²) in [7, 11) is -3.89. The van der Waals surface area contributed by atoms with Gasteiger partial charge in [0.15, 0.2) is 0 Å². The summed E-state index contributed by atoms with van der Waals surface area (Å²) in [6, 6.07) is 24.6. The number of hydrogen-bond donors (Lipinski definition) is 2. The molecule has 4 aromatic rings. The van der Waals surface area contributed by atoms with Gasteiger partial charge >= 0.3 is 0 Å². The lowest BCUT2D eigenvalue weighted by Gasteiger charge is -2.18. The van der Waals surface area contributed by atoms with Crippen molar-refractivity contribution >= 4 is 38.3 Å². The number of amides is 2. The number of nitrogens with zero attached hydrogens (tertiary/aromatic N) is 1. The Balaban J connectivity index is 1.28. The van der Waals surface area contributed by atoms with E-state index in [1.807, 2.05) is 36.4 Å². The van der Waals surface area contributed by atoms with Gasteiger partial charge in [-0.05, 0) is 59.8 Å². The van der Waals surface area contributed by atoms with E-state index in [0.717, 1.165) is 27.6 Å². The summed E-state index contributed by atoms with van der Waals surface area (Å²) >= 11 is 0. The monoisotopic (exact) mass is 471 g/mol. The highest BCUT2D eigenvalue weighted by Crippen LogP contribution is 2.37. The molecule has 1 aliphatic heterocycles. The molecule has 0 bridgehead atoms. The summed E-state index contributed by atoms with van der Waals surface area (Å²) in [6.45, 7) is 2.14. The molecule has 7 nitrogen and oxygen atoms in total. The summed E-state index contributed by atoms with van der Waals surface area (Å²) < 4.78 is 24.8. The second kappa shape index (κ2) is 8.40. The molecule has 5 rings (SSSR count). The average molecular weight is 472 g/mol. The summed E-state index contributed by atoms with van der Waals surface area (Å²) in [4.78, 5) is 29.4. The Labute approximate surface area is 197 Å². The summed E-state index contributed by atoms with van der Waals surface area (Å²) in [5, 5.41) is 1.97. The SMILES string of the molecule is Cc1cccc(S(=O)(=O)NNC(=O)c2ccc(CN3C(=O)c4cccc5cccc3c45)cc2)c1. The first-order valence-corrected chi connectivity index (χ1v) is 12.1. The Kier molecular flexibility index (Phi) is 5.39. The lowest BCUT2D eigenvalue weighted by Crippen LogP contribution is -2.41. The number of anilines is 1. The Morgan fingerprint density at radius 1 is 0.912 bits per heavy atom. The maximum absolute atomic E-state index is 13.0. The van der Waals surface area contributed by atoms with Gasteiger partial charge in [-0.2, -0.15) is 0 Å². The Hall–Kier alpha value is -4.01. The first-order chi connectivity index (χ1) is 16.3. The number of rotatable bonds is 6. The zero-order valence-electron chi connectivity index (χ0n) is 18.3. The first kappa shape index (κ1) is 21.8. The molecule has 0 atom stereocenters. The van der Waals surface area contributed by atoms with Gasteiger partial charge in [-0.15, -0.1) is 4.83 Å². The Morgan fingerprint density at radius 3 is 2.35 bits per heavy atom. The van der Waals surface area contributed by atoms with Gasteiger partial charge in [0.05, 0.1) is 17.1 Å². The van der Waals surface area contributed by atoms with Crippen LogP contribution < -0.4 is 15.2 Å². The third-order valence-corrected chi connectivity index (χ3v) is 7.05. The Morgan fingerprint density at radius 2 is 1.62 bits per heavy atom. The largest absolute Gasteiger partial charge is 0.303 e. The van der Waals surface area contributed by atoms with Crippen LogP contribution in [-0.2, 0) is 16.6 Å². The van der Waals surface area contributed by atoms with E-state index < -0.39 is 15.9 Å². The zero-order chi connectivity index (χ0) is 23.9. The molecule has 0 unspecified atom stereocenters. The molecule has 0 saturated carbocycles. The van der Waals surface area contributed by atoms with Crippen molar-refractivity contribution in [2.45, 2.75) is 18.4 Å². The number of carbonyl (C=O) groups excluding carboxylic acids is 2. The van der Waals surface area contributed by atoms with Crippen LogP contribution in [0.4, 0.5) is 5.69 Å². The quantitative estimate of drug-likeness (QED) is 0.417. The molecule has 170 valence electrons. The zero-order valence-corrected chi connectivity index (χ0v) is 19.1. The highest BCUT2D eigenvalue weighted by molar-refractivity contribution is 7.89. The van der Waals surface area contributed by atoms with Gasteiger partial charge in [-0.1, -0.05) is 48.5 Å². The van der Waals surface area contributed by atoms with Gasteiger partial charge in [0, 0.05) is 16.5 Å². The maximum atomic E-state index is 13.0. The number of aryl methyl sites for hydroxylation is 1. The predicted octanol–water partition coefficient (Wildman–Crippen LogP) is 3.93. The molecule has 0 saturated heterocycles. The third kappa shape index (κ3) is 3.93. The van der Waals surface area contributed by atoms with Crippen LogP contribution in [0.5, 0.6) is 0 Å². The van der Waals surface area contributed by atoms with E-state index >= 15 is 0 Å². The summed E-state index contributed by atoms with van der Waals surface area (Å²) in [6.07, 6.45) is 0. The van der Waals surface area contributed by atoms with Crippen molar-refractivity contribution < 1.29 is 18.0 Å². The number of nitrogens with one attached hydrogen (secondary N) is 2. The molecule has 0 aromatic heterocycles. The predicted molar refractivity (Wildman–Crippen MR) is 130 cm³/mol. The number of benzene rings is 4. The van der Waals surface area contributed by atoms with Gasteiger partial charge in [-0.3, -0.25) is 15.0 Å². The van der Waals surface area contributed by atoms with Gasteiger partial charge < -0.3 is 4.90 Å². The lowest BCUT2D eigenvalue weighted by atomic mass is 10.1. The van der Waals surface area contributed by atoms with Gasteiger partial charge in [0.2, 0.25) is 0 Å². The van der Waals surface area contributed by atoms with Crippen LogP contribution in [0.2, 0.25) is 0 Å². The smallest absolute Gasteiger partial charge is 0.266 e. The van der Waals surface area contributed by atoms with Crippen molar-refractivity contribution in [3.05, 3.63) is 107 Å². The van der Waals surface area contributed by atoms with E-state index in [1.165, 1.54) is 12.1 Å². The van der Waals surface area contributed by atoms with Crippen LogP contribution in [-0.4, -0.2) is 20.2 Å². The van der Waals surface area contributed by atoms with E-state index in [0.29, 0.717) is 12.1 Å². The fourth-order valence-corrected chi connectivity index (χ4v) is 5.05. The van der Waals surface area contributed by atoms with Crippen molar-refractivity contribution in [1.82, 2.24) is 10.3 Å². The fraction of sp³-hybridized carbons (Fsp3) is 0.0769. The fourth-order valence-electron chi connectivity index (χ4n) is 4.11. The Bertz CT molecular complexity index is 1540. The van der Waals surface area contributed by atoms with Crippen molar-refractivity contribution in [1.29, 1.82) is 0 Å². The summed E-state index contributed by atoms with van der Waals surface area (Å²) in [5.74, 6) is -0.642. The highest BCUT2D eigenvalue weighted by atomic mass is 32.2. The minimum absolute atomic E-state index is 0.0563. The maximum Gasteiger partial charge on any atom is 0.266 e. The molecule has 1 aliphatic rings. The molecule has 8 heteroatoms. The second-order valence-corrected chi connectivity index (χ2v) is 9.83. The van der Waals surface area contributed by atoms with Gasteiger partial charge in [0.25, 0.3) is 21.8 Å². The molecule has 1 heterocycles. The number of sulfonamides is 1. The third-order valence-electron chi connectivity index (χ3n) is 5.80. The second-order valence-electron chi connectivity index (χ2n) is 8.15. The van der Waals surface area contributed by atoms with E-state index in [9.17, 15) is 18.0 Å². The first-order valence-electron chi connectivity index (χ1n) is 10.6. The molecule has 0 fully saturated rings. The van der Waals surface area contributed by atoms with Crippen LogP contribution in [0.1, 0.15) is 31.8 Å². The summed E-state index contributed by atoms with van der Waals surface area (Å²) in [5.41, 5.74) is 5.71. The van der Waals surface area contributed by atoms with E-state index in [-0.39, 0.29) is 16.4 Å². The van der Waals surface area contributed by atoms with Crippen molar-refractivity contribution in [2.24, 2.45) is 0 Å². The molecule has 2 amide bonds. The molecule has 0 spiro atoms. The molecule has 0 radical (unpaired) electrons. The minimum atomic E-state index is -3.89. The van der Waals surface area contributed by atoms with Crippen LogP contribution in [0.3, 0.4) is 0 Å². The van der Waals surface area contributed by atoms with Crippen LogP contribution in [0.25, 0.3) is 10.8 Å². The normalized spacial score (nSPS) is 12.9. The van der Waals surface area contributed by atoms with Crippen LogP contribution in [0.15, 0.2) is 89.8 Å². The minimum Gasteiger partial charge on any atom is -0.303 e. The van der Waals surface area contributed by atoms with E-state index in [4.69, 9.17) is 0 Å². The van der Waals surface area contributed by atoms with E-state index in [1.54, 1.807) is 48.2 Å². The van der Waals surface area contributed by atoms with Crippen molar-refractivity contribution in [3.63, 3.8) is 0 Å². The van der Waals surface area contributed by atoms with Gasteiger partial charge in [0.1, 0.15) is 0 Å². The molecular formula is C26H21N3O4S. The molecule has 0 aliphatic carbocycles. The topological polar surface area (TPSA) is 95.6 Å². The molecule has 2 N–H and O–H groups in total. The molecular weight excluding hydrogens is 450 g/mol. The van der Waals surface area contributed by atoms with E-state index in [2.05, 4.69) is 10.3 Å². The lowest BCUT2D eigenvalue weighted by molar-refractivity contribution is 0.0943. The highest BCUT2D eigenvalue weighted by Gasteiger charge is 2.29. The van der Waals surface area contributed by atoms with Crippen LogP contribution >= 0.6 is 0 Å². The molecule has 34 heavy (non-hydrogen) atoms. The molecule has 4 aromatic carbocycles.